The molecule has 2 aromatic carbocycles. The molecule has 26 heavy (non-hydrogen) atoms. The summed E-state index contributed by atoms with van der Waals surface area (Å²) in [5.74, 6) is -0.839. The third-order valence-electron chi connectivity index (χ3n) is 3.79. The van der Waals surface area contributed by atoms with E-state index < -0.39 is 5.91 Å². The number of amides is 2. The summed E-state index contributed by atoms with van der Waals surface area (Å²) in [6.07, 6.45) is 1.25. The minimum atomic E-state index is -0.464. The summed E-state index contributed by atoms with van der Waals surface area (Å²) in [4.78, 5) is 25.8. The monoisotopic (exact) mass is 352 g/mol. The maximum Gasteiger partial charge on any atom is 0.249 e. The first-order valence-electron chi connectivity index (χ1n) is 8.31. The van der Waals surface area contributed by atoms with Crippen molar-refractivity contribution in [1.82, 2.24) is 5.43 Å². The third kappa shape index (κ3) is 5.73. The first-order valence-corrected chi connectivity index (χ1v) is 8.31. The Balaban J connectivity index is 1.83. The fourth-order valence-corrected chi connectivity index (χ4v) is 2.37. The highest BCUT2D eigenvalue weighted by atomic mass is 16.2. The zero-order chi connectivity index (χ0) is 19.1. The lowest BCUT2D eigenvalue weighted by Gasteiger charge is -2.11. The molecule has 0 aliphatic rings. The molecule has 0 bridgehead atoms. The van der Waals surface area contributed by atoms with E-state index in [-0.39, 0.29) is 12.3 Å². The molecule has 0 spiro atoms. The van der Waals surface area contributed by atoms with Crippen LogP contribution in [-0.4, -0.2) is 32.1 Å². The molecule has 0 saturated carbocycles. The van der Waals surface area contributed by atoms with Crippen LogP contribution in [0.3, 0.4) is 0 Å². The van der Waals surface area contributed by atoms with Gasteiger partial charge in [0, 0.05) is 25.5 Å². The van der Waals surface area contributed by atoms with Crippen molar-refractivity contribution < 1.29 is 9.59 Å². The first-order chi connectivity index (χ1) is 12.3. The second kappa shape index (κ2) is 8.80. The van der Waals surface area contributed by atoms with E-state index in [0.717, 1.165) is 22.4 Å². The van der Waals surface area contributed by atoms with Crippen molar-refractivity contribution in [2.45, 2.75) is 20.3 Å². The summed E-state index contributed by atoms with van der Waals surface area (Å²) in [5, 5.41) is 6.62. The highest BCUT2D eigenvalue weighted by Gasteiger charge is 2.10. The lowest BCUT2D eigenvalue weighted by molar-refractivity contribution is -0.126. The van der Waals surface area contributed by atoms with E-state index in [1.807, 2.05) is 75.3 Å². The van der Waals surface area contributed by atoms with Gasteiger partial charge in [-0.05, 0) is 43.2 Å². The van der Waals surface area contributed by atoms with Crippen LogP contribution in [0.1, 0.15) is 23.1 Å². The summed E-state index contributed by atoms with van der Waals surface area (Å²) < 4.78 is 0. The summed E-state index contributed by atoms with van der Waals surface area (Å²) >= 11 is 0. The fraction of sp³-hybridized carbons (Fsp3) is 0.250. The molecular formula is C20H24N4O2. The Bertz CT molecular complexity index is 811. The van der Waals surface area contributed by atoms with Crippen molar-refractivity contribution in [2.24, 2.45) is 5.10 Å². The van der Waals surface area contributed by atoms with Crippen LogP contribution >= 0.6 is 0 Å². The number of carbonyl (C=O) groups is 2. The molecule has 2 rings (SSSR count). The molecule has 0 saturated heterocycles. The maximum atomic E-state index is 12.0. The number of anilines is 2. The Morgan fingerprint density at radius 3 is 2.35 bits per heavy atom. The number of hydrazone groups is 1. The molecule has 2 N–H and O–H groups in total. The van der Waals surface area contributed by atoms with Gasteiger partial charge in [0.15, 0.2) is 0 Å². The molecule has 0 aliphatic heterocycles. The Morgan fingerprint density at radius 1 is 1.04 bits per heavy atom. The molecule has 0 aromatic heterocycles. The van der Waals surface area contributed by atoms with Gasteiger partial charge in [-0.3, -0.25) is 9.59 Å². The van der Waals surface area contributed by atoms with E-state index >= 15 is 0 Å². The Hall–Kier alpha value is -3.15. The molecule has 0 fully saturated rings. The van der Waals surface area contributed by atoms with Crippen LogP contribution in [0.2, 0.25) is 0 Å². The van der Waals surface area contributed by atoms with Crippen molar-refractivity contribution >= 4 is 29.4 Å². The third-order valence-corrected chi connectivity index (χ3v) is 3.79. The van der Waals surface area contributed by atoms with Gasteiger partial charge in [-0.25, -0.2) is 5.43 Å². The lowest BCUT2D eigenvalue weighted by atomic mass is 10.1. The van der Waals surface area contributed by atoms with Gasteiger partial charge < -0.3 is 10.2 Å². The summed E-state index contributed by atoms with van der Waals surface area (Å²) in [6.45, 7) is 3.90. The van der Waals surface area contributed by atoms with Gasteiger partial charge in [-0.2, -0.15) is 5.10 Å². The molecule has 0 aliphatic carbocycles. The molecule has 136 valence electrons. The van der Waals surface area contributed by atoms with Crippen molar-refractivity contribution in [3.8, 4) is 0 Å². The zero-order valence-corrected chi connectivity index (χ0v) is 15.5. The Labute approximate surface area is 153 Å². The van der Waals surface area contributed by atoms with E-state index in [1.165, 1.54) is 0 Å². The van der Waals surface area contributed by atoms with Crippen molar-refractivity contribution in [2.75, 3.05) is 24.3 Å². The van der Waals surface area contributed by atoms with Crippen molar-refractivity contribution in [1.29, 1.82) is 0 Å². The number of hydrogen-bond acceptors (Lipinski definition) is 4. The first kappa shape index (κ1) is 19.2. The smallest absolute Gasteiger partial charge is 0.249 e. The Morgan fingerprint density at radius 2 is 1.73 bits per heavy atom. The highest BCUT2D eigenvalue weighted by molar-refractivity contribution is 6.04. The zero-order valence-electron chi connectivity index (χ0n) is 15.5. The number of nitrogens with zero attached hydrogens (tertiary/aromatic N) is 2. The van der Waals surface area contributed by atoms with Gasteiger partial charge in [0.05, 0.1) is 6.21 Å². The van der Waals surface area contributed by atoms with Crippen molar-refractivity contribution in [3.63, 3.8) is 0 Å². The van der Waals surface area contributed by atoms with Crippen LogP contribution in [0.4, 0.5) is 11.4 Å². The summed E-state index contributed by atoms with van der Waals surface area (Å²) in [5.41, 5.74) is 7.08. The van der Waals surface area contributed by atoms with E-state index in [4.69, 9.17) is 0 Å². The molecule has 6 nitrogen and oxygen atoms in total. The lowest BCUT2D eigenvalue weighted by Crippen LogP contribution is -2.24. The van der Waals surface area contributed by atoms with Gasteiger partial charge in [-0.15, -0.1) is 0 Å². The molecule has 0 unspecified atom stereocenters. The van der Waals surface area contributed by atoms with E-state index in [2.05, 4.69) is 15.8 Å². The van der Waals surface area contributed by atoms with Crippen LogP contribution in [0.15, 0.2) is 47.6 Å². The maximum absolute atomic E-state index is 12.0. The molecule has 6 heteroatoms. The van der Waals surface area contributed by atoms with Crippen LogP contribution < -0.4 is 15.6 Å². The predicted molar refractivity (Wildman–Crippen MR) is 106 cm³/mol. The topological polar surface area (TPSA) is 73.8 Å². The van der Waals surface area contributed by atoms with Gasteiger partial charge in [0.2, 0.25) is 11.8 Å². The minimum absolute atomic E-state index is 0.287. The Kier molecular flexibility index (Phi) is 6.49. The average molecular weight is 352 g/mol. The van der Waals surface area contributed by atoms with E-state index in [9.17, 15) is 9.59 Å². The summed E-state index contributed by atoms with van der Waals surface area (Å²) in [6, 6.07) is 13.4. The number of nitrogens with one attached hydrogen (secondary N) is 2. The van der Waals surface area contributed by atoms with Crippen LogP contribution in [0.5, 0.6) is 0 Å². The molecule has 2 amide bonds. The molecular weight excluding hydrogens is 328 g/mol. The highest BCUT2D eigenvalue weighted by Crippen LogP contribution is 2.16. The molecule has 0 heterocycles. The number of rotatable bonds is 6. The SMILES string of the molecule is Cc1ccc(NC(=O)CC(=O)NN=Cc2ccc(N(C)C)cc2)c(C)c1. The van der Waals surface area contributed by atoms with Crippen LogP contribution in [-0.2, 0) is 9.59 Å². The van der Waals surface area contributed by atoms with Gasteiger partial charge in [0.1, 0.15) is 6.42 Å². The normalized spacial score (nSPS) is 10.6. The second-order valence-electron chi connectivity index (χ2n) is 6.32. The number of aryl methyl sites for hydroxylation is 2. The predicted octanol–water partition coefficient (Wildman–Crippen LogP) is 2.85. The average Bonchev–Trinajstić information content (AvgIpc) is 2.58. The van der Waals surface area contributed by atoms with E-state index in [1.54, 1.807) is 6.21 Å². The van der Waals surface area contributed by atoms with Crippen molar-refractivity contribution in [3.05, 3.63) is 59.2 Å². The number of benzene rings is 2. The van der Waals surface area contributed by atoms with E-state index in [0.29, 0.717) is 5.69 Å². The second-order valence-corrected chi connectivity index (χ2v) is 6.32. The van der Waals surface area contributed by atoms with Gasteiger partial charge in [0.25, 0.3) is 0 Å². The number of hydrogen-bond donors (Lipinski definition) is 2. The summed E-state index contributed by atoms with van der Waals surface area (Å²) in [7, 11) is 3.93. The number of carbonyl (C=O) groups excluding carboxylic acids is 2. The van der Waals surface area contributed by atoms with Gasteiger partial charge >= 0.3 is 0 Å². The quantitative estimate of drug-likeness (QED) is 0.477. The standard InChI is InChI=1S/C20H24N4O2/c1-14-5-10-18(15(2)11-14)22-19(25)12-20(26)23-21-13-16-6-8-17(9-7-16)24(3)4/h5-11,13H,12H2,1-4H3,(H,22,25)(H,23,26). The molecule has 2 aromatic rings. The largest absolute Gasteiger partial charge is 0.378 e. The molecule has 0 atom stereocenters. The molecule has 0 radical (unpaired) electrons. The fourth-order valence-electron chi connectivity index (χ4n) is 2.37. The van der Waals surface area contributed by atoms with Crippen LogP contribution in [0, 0.1) is 13.8 Å². The van der Waals surface area contributed by atoms with Crippen LogP contribution in [0.25, 0.3) is 0 Å². The minimum Gasteiger partial charge on any atom is -0.378 e. The van der Waals surface area contributed by atoms with Gasteiger partial charge in [-0.1, -0.05) is 29.8 Å².